The normalized spacial score (nSPS) is 18.5. The van der Waals surface area contributed by atoms with E-state index in [9.17, 15) is 0 Å². The molecule has 0 spiro atoms. The zero-order valence-electron chi connectivity index (χ0n) is 6.79. The van der Waals surface area contributed by atoms with Crippen LogP contribution in [0.3, 0.4) is 0 Å². The van der Waals surface area contributed by atoms with Crippen molar-refractivity contribution in [2.75, 3.05) is 0 Å². The summed E-state index contributed by atoms with van der Waals surface area (Å²) in [5.41, 5.74) is 6.64. The fraction of sp³-hybridized carbons (Fsp3) is 0.200. The maximum Gasteiger partial charge on any atom is 0.130 e. The first-order chi connectivity index (χ1) is 5.90. The van der Waals surface area contributed by atoms with Gasteiger partial charge in [-0.2, -0.15) is 0 Å². The number of fused-ring (bicyclic) bond motifs is 1. The maximum absolute atomic E-state index is 5.52. The highest BCUT2D eigenvalue weighted by molar-refractivity contribution is 5.37. The van der Waals surface area contributed by atoms with E-state index in [4.69, 9.17) is 10.5 Å². The summed E-state index contributed by atoms with van der Waals surface area (Å²) in [5.74, 6) is 1.81. The van der Waals surface area contributed by atoms with Crippen molar-refractivity contribution in [3.05, 3.63) is 41.8 Å². The van der Waals surface area contributed by atoms with Gasteiger partial charge in [-0.15, -0.1) is 0 Å². The summed E-state index contributed by atoms with van der Waals surface area (Å²) in [7, 11) is 0. The van der Waals surface area contributed by atoms with Crippen molar-refractivity contribution in [2.45, 2.75) is 12.8 Å². The van der Waals surface area contributed by atoms with Crippen molar-refractivity contribution >= 4 is 0 Å². The number of rotatable bonds is 0. The van der Waals surface area contributed by atoms with Crippen LogP contribution in [0, 0.1) is 0 Å². The summed E-state index contributed by atoms with van der Waals surface area (Å²) in [4.78, 5) is 0. The van der Waals surface area contributed by atoms with Crippen molar-refractivity contribution < 1.29 is 4.74 Å². The number of hydrogen-bond acceptors (Lipinski definition) is 2. The summed E-state index contributed by atoms with van der Waals surface area (Å²) < 4.78 is 5.52. The number of aryl methyl sites for hydroxylation is 1. The van der Waals surface area contributed by atoms with E-state index in [0.29, 0.717) is 0 Å². The third-order valence-electron chi connectivity index (χ3n) is 2.04. The highest BCUT2D eigenvalue weighted by atomic mass is 16.5. The number of ether oxygens (including phenoxy) is 1. The van der Waals surface area contributed by atoms with Gasteiger partial charge in [0.05, 0.1) is 0 Å². The summed E-state index contributed by atoms with van der Waals surface area (Å²) in [6, 6.07) is 8.05. The van der Waals surface area contributed by atoms with E-state index in [-0.39, 0.29) is 0 Å². The van der Waals surface area contributed by atoms with Crippen molar-refractivity contribution in [3.63, 3.8) is 0 Å². The van der Waals surface area contributed by atoms with Crippen molar-refractivity contribution in [1.29, 1.82) is 0 Å². The second-order valence-corrected chi connectivity index (χ2v) is 2.84. The molecule has 1 aliphatic rings. The molecule has 1 aromatic rings. The van der Waals surface area contributed by atoms with E-state index >= 15 is 0 Å². The molecular formula is C10H11NO. The van der Waals surface area contributed by atoms with Crippen LogP contribution in [0.1, 0.15) is 12.0 Å². The van der Waals surface area contributed by atoms with E-state index in [1.165, 1.54) is 11.8 Å². The number of hydrogen-bond donors (Lipinski definition) is 1. The minimum Gasteiger partial charge on any atom is -0.460 e. The lowest BCUT2D eigenvalue weighted by Gasteiger charge is -2.18. The van der Waals surface area contributed by atoms with E-state index < -0.39 is 0 Å². The van der Waals surface area contributed by atoms with Gasteiger partial charge in [0.2, 0.25) is 0 Å². The average Bonchev–Trinajstić information content (AvgIpc) is 2.17. The Kier molecular flexibility index (Phi) is 1.74. The van der Waals surface area contributed by atoms with Gasteiger partial charge in [-0.3, -0.25) is 0 Å². The molecule has 0 saturated heterocycles. The molecule has 12 heavy (non-hydrogen) atoms. The Balaban J connectivity index is 2.35. The second kappa shape index (κ2) is 2.89. The van der Waals surface area contributed by atoms with Crippen molar-refractivity contribution in [2.24, 2.45) is 5.73 Å². The molecule has 0 bridgehead atoms. The summed E-state index contributed by atoms with van der Waals surface area (Å²) in [6.07, 6.45) is 3.47. The molecule has 2 N–H and O–H groups in total. The first kappa shape index (κ1) is 7.22. The molecule has 0 radical (unpaired) electrons. The summed E-state index contributed by atoms with van der Waals surface area (Å²) in [5, 5.41) is 0. The Morgan fingerprint density at radius 3 is 2.92 bits per heavy atom. The predicted octanol–water partition coefficient (Wildman–Crippen LogP) is 1.81. The van der Waals surface area contributed by atoms with Crippen LogP contribution in [0.4, 0.5) is 0 Å². The average molecular weight is 161 g/mol. The topological polar surface area (TPSA) is 35.2 Å². The summed E-state index contributed by atoms with van der Waals surface area (Å²) >= 11 is 0. The molecular weight excluding hydrogens is 150 g/mol. The molecule has 2 rings (SSSR count). The number of para-hydroxylation sites is 1. The first-order valence-corrected chi connectivity index (χ1v) is 4.06. The lowest BCUT2D eigenvalue weighted by Crippen LogP contribution is -2.07. The maximum atomic E-state index is 5.52. The Labute approximate surface area is 71.6 Å². The van der Waals surface area contributed by atoms with Gasteiger partial charge in [0.15, 0.2) is 0 Å². The molecule has 2 heteroatoms. The van der Waals surface area contributed by atoms with Gasteiger partial charge < -0.3 is 10.5 Å². The zero-order valence-corrected chi connectivity index (χ0v) is 6.79. The van der Waals surface area contributed by atoms with Crippen LogP contribution in [0.25, 0.3) is 0 Å². The molecule has 2 nitrogen and oxygen atoms in total. The Morgan fingerprint density at radius 1 is 1.25 bits per heavy atom. The largest absolute Gasteiger partial charge is 0.460 e. The number of benzene rings is 1. The number of nitrogens with two attached hydrogens (primary N) is 1. The molecule has 0 unspecified atom stereocenters. The zero-order chi connectivity index (χ0) is 8.39. The molecule has 0 aliphatic carbocycles. The fourth-order valence-electron chi connectivity index (χ4n) is 1.38. The van der Waals surface area contributed by atoms with E-state index in [1.807, 2.05) is 18.2 Å². The SMILES string of the molecule is NC=C1CCc2ccccc2O1. The van der Waals surface area contributed by atoms with Gasteiger partial charge in [0.25, 0.3) is 0 Å². The molecule has 1 aromatic carbocycles. The van der Waals surface area contributed by atoms with Gasteiger partial charge in [0, 0.05) is 12.6 Å². The second-order valence-electron chi connectivity index (χ2n) is 2.84. The van der Waals surface area contributed by atoms with Crippen LogP contribution in [-0.4, -0.2) is 0 Å². The van der Waals surface area contributed by atoms with E-state index in [2.05, 4.69) is 6.07 Å². The molecule has 0 atom stereocenters. The van der Waals surface area contributed by atoms with Crippen molar-refractivity contribution in [1.82, 2.24) is 0 Å². The Hall–Kier alpha value is -1.44. The first-order valence-electron chi connectivity index (χ1n) is 4.06. The molecule has 0 saturated carbocycles. The minimum absolute atomic E-state index is 0.869. The van der Waals surface area contributed by atoms with Gasteiger partial charge in [-0.25, -0.2) is 0 Å². The molecule has 1 heterocycles. The van der Waals surface area contributed by atoms with Gasteiger partial charge >= 0.3 is 0 Å². The van der Waals surface area contributed by atoms with Crippen LogP contribution < -0.4 is 10.5 Å². The highest BCUT2D eigenvalue weighted by Crippen LogP contribution is 2.28. The van der Waals surface area contributed by atoms with Gasteiger partial charge in [-0.05, 0) is 18.1 Å². The van der Waals surface area contributed by atoms with Crippen LogP contribution >= 0.6 is 0 Å². The Bertz CT molecular complexity index is 317. The minimum atomic E-state index is 0.869. The molecule has 0 fully saturated rings. The van der Waals surface area contributed by atoms with E-state index in [1.54, 1.807) is 0 Å². The quantitative estimate of drug-likeness (QED) is 0.629. The standard InChI is InChI=1S/C10H11NO/c11-7-9-6-5-8-3-1-2-4-10(8)12-9/h1-4,7H,5-6,11H2. The molecule has 1 aliphatic heterocycles. The Morgan fingerprint density at radius 2 is 2.08 bits per heavy atom. The van der Waals surface area contributed by atoms with Gasteiger partial charge in [0.1, 0.15) is 11.5 Å². The van der Waals surface area contributed by atoms with Crippen LogP contribution in [0.15, 0.2) is 36.2 Å². The lowest BCUT2D eigenvalue weighted by atomic mass is 10.1. The number of allylic oxidation sites excluding steroid dienone is 1. The third-order valence-corrected chi connectivity index (χ3v) is 2.04. The van der Waals surface area contributed by atoms with Crippen LogP contribution in [0.5, 0.6) is 5.75 Å². The summed E-state index contributed by atoms with van der Waals surface area (Å²) in [6.45, 7) is 0. The molecule has 62 valence electrons. The molecule has 0 aromatic heterocycles. The fourth-order valence-corrected chi connectivity index (χ4v) is 1.38. The predicted molar refractivity (Wildman–Crippen MR) is 47.7 cm³/mol. The van der Waals surface area contributed by atoms with E-state index in [0.717, 1.165) is 24.4 Å². The van der Waals surface area contributed by atoms with Crippen LogP contribution in [0.2, 0.25) is 0 Å². The smallest absolute Gasteiger partial charge is 0.130 e. The highest BCUT2D eigenvalue weighted by Gasteiger charge is 2.12. The third kappa shape index (κ3) is 1.16. The molecule has 0 amide bonds. The van der Waals surface area contributed by atoms with Gasteiger partial charge in [-0.1, -0.05) is 18.2 Å². The van der Waals surface area contributed by atoms with Crippen molar-refractivity contribution in [3.8, 4) is 5.75 Å². The lowest BCUT2D eigenvalue weighted by molar-refractivity contribution is 0.377. The van der Waals surface area contributed by atoms with Crippen LogP contribution in [-0.2, 0) is 6.42 Å². The monoisotopic (exact) mass is 161 g/mol.